The fourth-order valence-corrected chi connectivity index (χ4v) is 3.89. The first-order valence-corrected chi connectivity index (χ1v) is 9.72. The molecule has 4 rings (SSSR count). The summed E-state index contributed by atoms with van der Waals surface area (Å²) in [5.74, 6) is 0.456. The summed E-state index contributed by atoms with van der Waals surface area (Å²) in [7, 11) is 0. The molecule has 0 saturated carbocycles. The van der Waals surface area contributed by atoms with Gasteiger partial charge in [0.15, 0.2) is 11.0 Å². The van der Waals surface area contributed by atoms with Crippen LogP contribution in [0.2, 0.25) is 0 Å². The molecule has 8 heteroatoms. The first-order chi connectivity index (χ1) is 13.5. The molecule has 0 radical (unpaired) electrons. The Bertz CT molecular complexity index is 1060. The van der Waals surface area contributed by atoms with Gasteiger partial charge in [-0.2, -0.15) is 15.1 Å². The van der Waals surface area contributed by atoms with Gasteiger partial charge in [-0.25, -0.2) is 0 Å². The highest BCUT2D eigenvalue weighted by Gasteiger charge is 2.32. The van der Waals surface area contributed by atoms with Gasteiger partial charge < -0.3 is 9.30 Å². The van der Waals surface area contributed by atoms with Crippen LogP contribution in [-0.2, 0) is 4.79 Å². The maximum absolute atomic E-state index is 12.4. The van der Waals surface area contributed by atoms with Crippen molar-refractivity contribution in [3.8, 4) is 11.4 Å². The van der Waals surface area contributed by atoms with E-state index < -0.39 is 5.91 Å². The Kier molecular flexibility index (Phi) is 4.64. The zero-order valence-corrected chi connectivity index (χ0v) is 16.6. The lowest BCUT2D eigenvalue weighted by atomic mass is 10.1. The van der Waals surface area contributed by atoms with Crippen LogP contribution >= 0.6 is 11.8 Å². The molecule has 0 spiro atoms. The molecule has 1 amide bonds. The van der Waals surface area contributed by atoms with E-state index in [2.05, 4.69) is 14.7 Å². The number of thioether (sulfide) groups is 1. The van der Waals surface area contributed by atoms with Gasteiger partial charge in [0.05, 0.1) is 17.7 Å². The number of hydrogen-bond acceptors (Lipinski definition) is 5. The monoisotopic (exact) mass is 393 g/mol. The number of hydrogen-bond donors (Lipinski definition) is 1. The number of amidine groups is 2. The minimum absolute atomic E-state index is 0.0436. The van der Waals surface area contributed by atoms with Crippen LogP contribution in [0.4, 0.5) is 0 Å². The molecule has 0 aliphatic carbocycles. The van der Waals surface area contributed by atoms with E-state index >= 15 is 0 Å². The van der Waals surface area contributed by atoms with Crippen LogP contribution in [0.15, 0.2) is 46.0 Å². The van der Waals surface area contributed by atoms with E-state index in [1.165, 1.54) is 16.8 Å². The van der Waals surface area contributed by atoms with Crippen molar-refractivity contribution in [1.29, 1.82) is 5.41 Å². The molecule has 142 valence electrons. The summed E-state index contributed by atoms with van der Waals surface area (Å²) in [6.45, 7) is 6.59. The molecule has 2 aliphatic rings. The van der Waals surface area contributed by atoms with Gasteiger partial charge in [0.25, 0.3) is 5.91 Å². The van der Waals surface area contributed by atoms with Gasteiger partial charge in [0, 0.05) is 17.1 Å². The smallest absolute Gasteiger partial charge is 0.283 e. The number of amides is 1. The van der Waals surface area contributed by atoms with Gasteiger partial charge in [-0.3, -0.25) is 10.2 Å². The van der Waals surface area contributed by atoms with Crippen LogP contribution in [0.25, 0.3) is 11.8 Å². The predicted molar refractivity (Wildman–Crippen MR) is 112 cm³/mol. The van der Waals surface area contributed by atoms with E-state index in [1.807, 2.05) is 51.1 Å². The predicted octanol–water partition coefficient (Wildman–Crippen LogP) is 3.74. The van der Waals surface area contributed by atoms with Gasteiger partial charge in [0.2, 0.25) is 0 Å². The number of benzene rings is 1. The molecule has 0 fully saturated rings. The Morgan fingerprint density at radius 3 is 2.71 bits per heavy atom. The first kappa shape index (κ1) is 18.2. The summed E-state index contributed by atoms with van der Waals surface area (Å²) < 4.78 is 7.62. The Morgan fingerprint density at radius 2 is 2.00 bits per heavy atom. The number of ether oxygens (including phenoxy) is 1. The van der Waals surface area contributed by atoms with E-state index in [4.69, 9.17) is 10.1 Å². The summed E-state index contributed by atoms with van der Waals surface area (Å²) in [4.78, 5) is 16.4. The highest BCUT2D eigenvalue weighted by molar-refractivity contribution is 8.25. The quantitative estimate of drug-likeness (QED) is 0.802. The van der Waals surface area contributed by atoms with Crippen LogP contribution in [-0.4, -0.2) is 38.6 Å². The van der Waals surface area contributed by atoms with Gasteiger partial charge in [0.1, 0.15) is 5.75 Å². The molecule has 0 bridgehead atoms. The first-order valence-electron chi connectivity index (χ1n) is 8.84. The average molecular weight is 393 g/mol. The van der Waals surface area contributed by atoms with E-state index in [9.17, 15) is 4.79 Å². The van der Waals surface area contributed by atoms with Gasteiger partial charge >= 0.3 is 0 Å². The van der Waals surface area contributed by atoms with Crippen LogP contribution < -0.4 is 4.74 Å². The molecule has 28 heavy (non-hydrogen) atoms. The van der Waals surface area contributed by atoms with Crippen LogP contribution in [0.3, 0.4) is 0 Å². The maximum Gasteiger partial charge on any atom is 0.283 e. The lowest BCUT2D eigenvalue weighted by Gasteiger charge is -2.20. The van der Waals surface area contributed by atoms with E-state index in [1.54, 1.807) is 11.6 Å². The minimum atomic E-state index is -0.417. The van der Waals surface area contributed by atoms with Crippen molar-refractivity contribution in [1.82, 2.24) is 9.58 Å². The van der Waals surface area contributed by atoms with Crippen molar-refractivity contribution in [2.24, 2.45) is 10.1 Å². The Balaban J connectivity index is 1.71. The largest absolute Gasteiger partial charge is 0.494 e. The second-order valence-corrected chi connectivity index (χ2v) is 7.16. The standard InChI is InChI=1S/C20H19N5O2S/c1-4-27-16-7-5-15(6-8-16)24-12(2)9-14(13(24)3)10-17-18(21)25-20(23-19(17)26)28-11-22-25/h5-11,21H,4H2,1-3H3/b17-10+,21-18?. The topological polar surface area (TPSA) is 83.0 Å². The lowest BCUT2D eigenvalue weighted by Crippen LogP contribution is -2.35. The van der Waals surface area contributed by atoms with Crippen molar-refractivity contribution in [2.45, 2.75) is 20.8 Å². The van der Waals surface area contributed by atoms with Gasteiger partial charge in [-0.15, -0.1) is 0 Å². The Morgan fingerprint density at radius 1 is 1.25 bits per heavy atom. The number of nitrogens with zero attached hydrogens (tertiary/aromatic N) is 4. The fourth-order valence-electron chi connectivity index (χ4n) is 3.28. The summed E-state index contributed by atoms with van der Waals surface area (Å²) in [6, 6.07) is 9.89. The third kappa shape index (κ3) is 3.05. The Hall–Kier alpha value is -3.13. The summed E-state index contributed by atoms with van der Waals surface area (Å²) in [5.41, 5.74) is 5.69. The number of carbonyl (C=O) groups excluding carboxylic acids is 1. The molecular formula is C20H19N5O2S. The maximum atomic E-state index is 12.4. The Labute approximate surface area is 166 Å². The van der Waals surface area contributed by atoms with Crippen molar-refractivity contribution < 1.29 is 9.53 Å². The number of aliphatic imine (C=N–C) groups is 1. The minimum Gasteiger partial charge on any atom is -0.494 e. The molecule has 0 unspecified atom stereocenters. The number of aryl methyl sites for hydroxylation is 1. The number of aromatic nitrogens is 1. The zero-order valence-electron chi connectivity index (χ0n) is 15.8. The molecule has 1 aromatic heterocycles. The zero-order chi connectivity index (χ0) is 19.8. The molecule has 7 nitrogen and oxygen atoms in total. The fraction of sp³-hybridized carbons (Fsp3) is 0.200. The van der Waals surface area contributed by atoms with Gasteiger partial charge in [-0.1, -0.05) is 0 Å². The van der Waals surface area contributed by atoms with Crippen molar-refractivity contribution in [3.05, 3.63) is 52.9 Å². The second kappa shape index (κ2) is 7.12. The number of fused-ring (bicyclic) bond motifs is 1. The molecule has 1 N–H and O–H groups in total. The van der Waals surface area contributed by atoms with Crippen LogP contribution in [0.5, 0.6) is 5.75 Å². The van der Waals surface area contributed by atoms with E-state index in [-0.39, 0.29) is 11.4 Å². The number of rotatable bonds is 4. The second-order valence-electron chi connectivity index (χ2n) is 6.35. The van der Waals surface area contributed by atoms with Crippen LogP contribution in [0.1, 0.15) is 23.9 Å². The molecule has 2 aliphatic heterocycles. The van der Waals surface area contributed by atoms with Crippen molar-refractivity contribution in [3.63, 3.8) is 0 Å². The molecule has 0 atom stereocenters. The van der Waals surface area contributed by atoms with Crippen LogP contribution in [0, 0.1) is 19.3 Å². The van der Waals surface area contributed by atoms with E-state index in [0.717, 1.165) is 28.4 Å². The summed E-state index contributed by atoms with van der Waals surface area (Å²) in [5, 5.41) is 14.2. The molecular weight excluding hydrogens is 374 g/mol. The number of carbonyl (C=O) groups is 1. The lowest BCUT2D eigenvalue weighted by molar-refractivity contribution is -0.114. The highest BCUT2D eigenvalue weighted by atomic mass is 32.2. The molecule has 0 saturated heterocycles. The third-order valence-corrected chi connectivity index (χ3v) is 5.25. The van der Waals surface area contributed by atoms with E-state index in [0.29, 0.717) is 11.8 Å². The summed E-state index contributed by atoms with van der Waals surface area (Å²) in [6.07, 6.45) is 1.72. The van der Waals surface area contributed by atoms with Crippen molar-refractivity contribution >= 4 is 40.3 Å². The molecule has 2 aromatic rings. The third-order valence-electron chi connectivity index (χ3n) is 4.57. The average Bonchev–Trinajstić information content (AvgIpc) is 3.24. The normalized spacial score (nSPS) is 17.3. The summed E-state index contributed by atoms with van der Waals surface area (Å²) >= 11 is 1.23. The number of nitrogens with one attached hydrogen (secondary N) is 1. The van der Waals surface area contributed by atoms with Crippen molar-refractivity contribution in [2.75, 3.05) is 6.61 Å². The van der Waals surface area contributed by atoms with Gasteiger partial charge in [-0.05, 0) is 74.5 Å². The highest BCUT2D eigenvalue weighted by Crippen LogP contribution is 2.28. The SMILES string of the molecule is CCOc1ccc(-n2c(C)cc(/C=C3\C(=N)N4N=CSC4=NC3=O)c2C)cc1. The number of hydrazone groups is 1. The molecule has 3 heterocycles. The molecule has 1 aromatic carbocycles.